The van der Waals surface area contributed by atoms with Crippen molar-refractivity contribution in [1.29, 1.82) is 0 Å². The predicted molar refractivity (Wildman–Crippen MR) is 61.9 cm³/mol. The summed E-state index contributed by atoms with van der Waals surface area (Å²) in [6.07, 6.45) is 0.996. The molecule has 0 bridgehead atoms. The van der Waals surface area contributed by atoms with E-state index in [9.17, 15) is 0 Å². The highest BCUT2D eigenvalue weighted by atomic mass is 79.9. The molecule has 0 saturated carbocycles. The summed E-state index contributed by atoms with van der Waals surface area (Å²) in [5.74, 6) is 0. The van der Waals surface area contributed by atoms with Crippen molar-refractivity contribution in [2.75, 3.05) is 11.9 Å². The van der Waals surface area contributed by atoms with Gasteiger partial charge < -0.3 is 5.32 Å². The second-order valence-electron chi connectivity index (χ2n) is 2.55. The van der Waals surface area contributed by atoms with Crippen LogP contribution in [-0.4, -0.2) is 21.3 Å². The molecule has 74 valence electrons. The quantitative estimate of drug-likeness (QED) is 0.940. The van der Waals surface area contributed by atoms with Gasteiger partial charge in [0.05, 0.1) is 3.79 Å². The van der Waals surface area contributed by atoms with Crippen molar-refractivity contribution < 1.29 is 0 Å². The van der Waals surface area contributed by atoms with Gasteiger partial charge in [0.25, 0.3) is 0 Å². The minimum atomic E-state index is 0.778. The molecule has 4 nitrogen and oxygen atoms in total. The molecule has 2 aromatic heterocycles. The molecule has 0 radical (unpaired) electrons. The predicted octanol–water partition coefficient (Wildman–Crippen LogP) is 2.41. The van der Waals surface area contributed by atoms with Gasteiger partial charge in [-0.05, 0) is 39.7 Å². The van der Waals surface area contributed by atoms with E-state index in [1.165, 1.54) is 20.2 Å². The van der Waals surface area contributed by atoms with E-state index in [1.807, 2.05) is 0 Å². The third kappa shape index (κ3) is 2.73. The third-order valence-electron chi connectivity index (χ3n) is 1.58. The van der Waals surface area contributed by atoms with Gasteiger partial charge in [-0.1, -0.05) is 9.59 Å². The molecule has 0 aromatic carbocycles. The molecule has 7 heteroatoms. The summed E-state index contributed by atoms with van der Waals surface area (Å²) < 4.78 is 4.84. The average Bonchev–Trinajstić information content (AvgIpc) is 2.77. The molecular weight excluding hydrogens is 284 g/mol. The number of hydrogen-bond donors (Lipinski definition) is 1. The Morgan fingerprint density at radius 1 is 1.43 bits per heavy atom. The highest BCUT2D eigenvalue weighted by Crippen LogP contribution is 2.22. The van der Waals surface area contributed by atoms with Crippen molar-refractivity contribution in [3.8, 4) is 0 Å². The standard InChI is InChI=1S/C7H7BrN4S2/c8-6-2-1-5(13-6)3-4-9-7-10-11-12-14-7/h1-2H,3-4H2,(H,9,10,12). The van der Waals surface area contributed by atoms with Gasteiger partial charge in [-0.3, -0.25) is 0 Å². The number of aromatic nitrogens is 3. The monoisotopic (exact) mass is 290 g/mol. The molecule has 0 amide bonds. The van der Waals surface area contributed by atoms with Crippen LogP contribution < -0.4 is 5.32 Å². The van der Waals surface area contributed by atoms with Crippen molar-refractivity contribution >= 4 is 43.9 Å². The number of hydrogen-bond acceptors (Lipinski definition) is 6. The summed E-state index contributed by atoms with van der Waals surface area (Å²) >= 11 is 6.46. The highest BCUT2D eigenvalue weighted by molar-refractivity contribution is 9.11. The Morgan fingerprint density at radius 3 is 3.00 bits per heavy atom. The van der Waals surface area contributed by atoms with Crippen molar-refractivity contribution in [3.05, 3.63) is 20.8 Å². The Morgan fingerprint density at radius 2 is 2.36 bits per heavy atom. The minimum absolute atomic E-state index is 0.778. The first-order chi connectivity index (χ1) is 6.84. The van der Waals surface area contributed by atoms with E-state index >= 15 is 0 Å². The second kappa shape index (κ2) is 4.81. The van der Waals surface area contributed by atoms with Crippen LogP contribution >= 0.6 is 38.8 Å². The van der Waals surface area contributed by atoms with Gasteiger partial charge in [-0.25, -0.2) is 0 Å². The Bertz CT molecular complexity index is 386. The molecule has 14 heavy (non-hydrogen) atoms. The maximum Gasteiger partial charge on any atom is 0.225 e. The summed E-state index contributed by atoms with van der Waals surface area (Å²) in [7, 11) is 0. The lowest BCUT2D eigenvalue weighted by molar-refractivity contribution is 0.944. The second-order valence-corrected chi connectivity index (χ2v) is 5.83. The maximum absolute atomic E-state index is 3.79. The number of thiophene rings is 1. The molecule has 0 unspecified atom stereocenters. The normalized spacial score (nSPS) is 10.4. The zero-order valence-electron chi connectivity index (χ0n) is 7.11. The Kier molecular flexibility index (Phi) is 3.44. The van der Waals surface area contributed by atoms with Gasteiger partial charge in [0, 0.05) is 23.0 Å². The molecule has 0 aliphatic heterocycles. The molecule has 0 saturated heterocycles. The van der Waals surface area contributed by atoms with Crippen molar-refractivity contribution in [1.82, 2.24) is 14.8 Å². The van der Waals surface area contributed by atoms with Gasteiger partial charge in [0.1, 0.15) is 0 Å². The molecule has 2 heterocycles. The Labute approximate surface area is 97.7 Å². The zero-order valence-corrected chi connectivity index (χ0v) is 10.3. The van der Waals surface area contributed by atoms with Crippen LogP contribution in [0.3, 0.4) is 0 Å². The SMILES string of the molecule is Brc1ccc(CCNc2nnns2)s1. The van der Waals surface area contributed by atoms with Gasteiger partial charge >= 0.3 is 0 Å². The molecule has 0 atom stereocenters. The molecule has 2 rings (SSSR count). The summed E-state index contributed by atoms with van der Waals surface area (Å²) in [6, 6.07) is 4.18. The summed E-state index contributed by atoms with van der Waals surface area (Å²) in [4.78, 5) is 1.35. The van der Waals surface area contributed by atoms with Gasteiger partial charge in [0.15, 0.2) is 0 Å². The van der Waals surface area contributed by atoms with Crippen molar-refractivity contribution in [3.63, 3.8) is 0 Å². The van der Waals surface area contributed by atoms with Gasteiger partial charge in [0.2, 0.25) is 5.13 Å². The fourth-order valence-corrected chi connectivity index (χ4v) is 2.85. The Balaban J connectivity index is 1.78. The van der Waals surface area contributed by atoms with Gasteiger partial charge in [-0.2, -0.15) is 0 Å². The number of nitrogens with zero attached hydrogens (tertiary/aromatic N) is 3. The smallest absolute Gasteiger partial charge is 0.225 e. The first-order valence-corrected chi connectivity index (χ1v) is 6.36. The first kappa shape index (κ1) is 10.0. The van der Waals surface area contributed by atoms with E-state index in [1.54, 1.807) is 11.3 Å². The van der Waals surface area contributed by atoms with Crippen LogP contribution in [-0.2, 0) is 6.42 Å². The number of nitrogens with one attached hydrogen (secondary N) is 1. The highest BCUT2D eigenvalue weighted by Gasteiger charge is 1.99. The fourth-order valence-electron chi connectivity index (χ4n) is 0.980. The maximum atomic E-state index is 3.79. The van der Waals surface area contributed by atoms with E-state index in [4.69, 9.17) is 0 Å². The first-order valence-electron chi connectivity index (χ1n) is 3.98. The lowest BCUT2D eigenvalue weighted by atomic mass is 10.3. The molecule has 0 aliphatic rings. The van der Waals surface area contributed by atoms with Crippen LogP contribution in [0.1, 0.15) is 4.88 Å². The lowest BCUT2D eigenvalue weighted by Gasteiger charge is -1.98. The molecule has 0 fully saturated rings. The van der Waals surface area contributed by atoms with Crippen LogP contribution in [0.25, 0.3) is 0 Å². The summed E-state index contributed by atoms with van der Waals surface area (Å²) in [5.41, 5.74) is 0. The van der Waals surface area contributed by atoms with E-state index < -0.39 is 0 Å². The average molecular weight is 291 g/mol. The largest absolute Gasteiger partial charge is 0.358 e. The van der Waals surface area contributed by atoms with Crippen molar-refractivity contribution in [2.45, 2.75) is 6.42 Å². The third-order valence-corrected chi connectivity index (χ3v) is 3.81. The number of halogens is 1. The lowest BCUT2D eigenvalue weighted by Crippen LogP contribution is -2.03. The topological polar surface area (TPSA) is 50.7 Å². The van der Waals surface area contributed by atoms with E-state index in [-0.39, 0.29) is 0 Å². The van der Waals surface area contributed by atoms with Gasteiger partial charge in [-0.15, -0.1) is 11.3 Å². The van der Waals surface area contributed by atoms with E-state index in [0.29, 0.717) is 0 Å². The fraction of sp³-hybridized carbons (Fsp3) is 0.286. The molecule has 1 N–H and O–H groups in total. The molecule has 2 aromatic rings. The van der Waals surface area contributed by atoms with Crippen LogP contribution in [0.4, 0.5) is 5.13 Å². The summed E-state index contributed by atoms with van der Waals surface area (Å²) in [5, 5.41) is 11.2. The summed E-state index contributed by atoms with van der Waals surface area (Å²) in [6.45, 7) is 0.865. The number of rotatable bonds is 4. The van der Waals surface area contributed by atoms with Crippen LogP contribution in [0, 0.1) is 0 Å². The van der Waals surface area contributed by atoms with Crippen LogP contribution in [0.5, 0.6) is 0 Å². The minimum Gasteiger partial charge on any atom is -0.358 e. The van der Waals surface area contributed by atoms with Crippen molar-refractivity contribution in [2.24, 2.45) is 0 Å². The Hall–Kier alpha value is -0.530. The number of anilines is 1. The van der Waals surface area contributed by atoms with E-state index in [0.717, 1.165) is 18.1 Å². The van der Waals surface area contributed by atoms with Crippen LogP contribution in [0.2, 0.25) is 0 Å². The van der Waals surface area contributed by atoms with Crippen LogP contribution in [0.15, 0.2) is 15.9 Å². The molecule has 0 spiro atoms. The molecule has 0 aliphatic carbocycles. The zero-order chi connectivity index (χ0) is 9.80. The molecular formula is C7H7BrN4S2. The van der Waals surface area contributed by atoms with E-state index in [2.05, 4.69) is 48.2 Å².